The standard InChI is InChI=1S/C23H23F3N4O4/c1-31-19-10-20(32-2)22(26)16(21(19)25)13-34-15-11-27-23(28-12-15)29-14-3-4-18(17(24)9-14)30-5-7-33-8-6-30/h3-4,9-12H,5-8,13H2,1-2H3,(H,27,28,29). The second kappa shape index (κ2) is 10.5. The summed E-state index contributed by atoms with van der Waals surface area (Å²) in [5, 5.41) is 2.91. The van der Waals surface area contributed by atoms with Crippen LogP contribution in [-0.4, -0.2) is 50.5 Å². The zero-order valence-electron chi connectivity index (χ0n) is 18.6. The Bertz CT molecular complexity index is 1110. The van der Waals surface area contributed by atoms with Crippen LogP contribution in [0.4, 0.5) is 30.5 Å². The third-order valence-corrected chi connectivity index (χ3v) is 5.23. The fraction of sp³-hybridized carbons (Fsp3) is 0.304. The summed E-state index contributed by atoms with van der Waals surface area (Å²) in [6.45, 7) is 1.95. The Morgan fingerprint density at radius 1 is 0.971 bits per heavy atom. The van der Waals surface area contributed by atoms with E-state index in [9.17, 15) is 13.2 Å². The first-order valence-corrected chi connectivity index (χ1v) is 10.4. The van der Waals surface area contributed by atoms with Gasteiger partial charge in [-0.2, -0.15) is 0 Å². The van der Waals surface area contributed by atoms with Gasteiger partial charge in [0.1, 0.15) is 12.4 Å². The van der Waals surface area contributed by atoms with Crippen molar-refractivity contribution in [3.8, 4) is 17.2 Å². The molecule has 0 aliphatic carbocycles. The molecule has 0 spiro atoms. The number of morpholine rings is 1. The summed E-state index contributed by atoms with van der Waals surface area (Å²) in [7, 11) is 2.53. The first kappa shape index (κ1) is 23.4. The molecule has 2 aromatic carbocycles. The van der Waals surface area contributed by atoms with Crippen LogP contribution in [0, 0.1) is 17.5 Å². The van der Waals surface area contributed by atoms with Gasteiger partial charge < -0.3 is 29.2 Å². The summed E-state index contributed by atoms with van der Waals surface area (Å²) in [5.74, 6) is -2.10. The van der Waals surface area contributed by atoms with E-state index in [2.05, 4.69) is 15.3 Å². The number of ether oxygens (including phenoxy) is 4. The third kappa shape index (κ3) is 5.09. The summed E-state index contributed by atoms with van der Waals surface area (Å²) in [5.41, 5.74) is 0.622. The largest absolute Gasteiger partial charge is 0.494 e. The van der Waals surface area contributed by atoms with Gasteiger partial charge in [0.15, 0.2) is 28.9 Å². The molecule has 0 radical (unpaired) electrons. The minimum absolute atomic E-state index is 0.167. The molecule has 2 heterocycles. The fourth-order valence-electron chi connectivity index (χ4n) is 3.45. The van der Waals surface area contributed by atoms with Gasteiger partial charge in [-0.15, -0.1) is 0 Å². The molecular weight excluding hydrogens is 453 g/mol. The Morgan fingerprint density at radius 2 is 1.62 bits per heavy atom. The molecule has 1 saturated heterocycles. The molecule has 3 aromatic rings. The highest BCUT2D eigenvalue weighted by atomic mass is 19.1. The number of methoxy groups -OCH3 is 2. The second-order valence-electron chi connectivity index (χ2n) is 7.31. The monoisotopic (exact) mass is 476 g/mol. The highest BCUT2D eigenvalue weighted by molar-refractivity contribution is 5.60. The number of benzene rings is 2. The van der Waals surface area contributed by atoms with Crippen molar-refractivity contribution >= 4 is 17.3 Å². The smallest absolute Gasteiger partial charge is 0.227 e. The van der Waals surface area contributed by atoms with Gasteiger partial charge in [0.2, 0.25) is 5.95 Å². The topological polar surface area (TPSA) is 78.0 Å². The highest BCUT2D eigenvalue weighted by Crippen LogP contribution is 2.32. The predicted molar refractivity (Wildman–Crippen MR) is 119 cm³/mol. The summed E-state index contributed by atoms with van der Waals surface area (Å²) >= 11 is 0. The molecule has 0 unspecified atom stereocenters. The first-order valence-electron chi connectivity index (χ1n) is 10.4. The Kier molecular flexibility index (Phi) is 7.21. The van der Waals surface area contributed by atoms with E-state index in [1.807, 2.05) is 4.90 Å². The molecular formula is C23H23F3N4O4. The van der Waals surface area contributed by atoms with Crippen LogP contribution < -0.4 is 24.4 Å². The molecule has 0 bridgehead atoms. The zero-order valence-corrected chi connectivity index (χ0v) is 18.6. The van der Waals surface area contributed by atoms with Crippen molar-refractivity contribution in [3.05, 3.63) is 59.7 Å². The lowest BCUT2D eigenvalue weighted by Gasteiger charge is -2.29. The maximum absolute atomic E-state index is 14.6. The molecule has 1 aliphatic heterocycles. The van der Waals surface area contributed by atoms with Gasteiger partial charge in [0, 0.05) is 24.8 Å². The van der Waals surface area contributed by atoms with E-state index in [0.29, 0.717) is 37.7 Å². The fourth-order valence-corrected chi connectivity index (χ4v) is 3.45. The molecule has 0 saturated carbocycles. The summed E-state index contributed by atoms with van der Waals surface area (Å²) in [4.78, 5) is 10.1. The zero-order chi connectivity index (χ0) is 24.1. The molecule has 0 atom stereocenters. The van der Waals surface area contributed by atoms with Gasteiger partial charge in [-0.3, -0.25) is 0 Å². The molecule has 1 aliphatic rings. The maximum Gasteiger partial charge on any atom is 0.227 e. The molecule has 8 nitrogen and oxygen atoms in total. The minimum atomic E-state index is -0.887. The number of anilines is 3. The van der Waals surface area contributed by atoms with Crippen molar-refractivity contribution in [3.63, 3.8) is 0 Å². The quantitative estimate of drug-likeness (QED) is 0.522. The molecule has 11 heteroatoms. The number of hydrogen-bond donors (Lipinski definition) is 1. The van der Waals surface area contributed by atoms with Crippen molar-refractivity contribution < 1.29 is 32.1 Å². The lowest BCUT2D eigenvalue weighted by atomic mass is 10.1. The summed E-state index contributed by atoms with van der Waals surface area (Å²) < 4.78 is 64.1. The van der Waals surface area contributed by atoms with Crippen LogP contribution in [0.1, 0.15) is 5.56 Å². The Morgan fingerprint density at radius 3 is 2.21 bits per heavy atom. The lowest BCUT2D eigenvalue weighted by molar-refractivity contribution is 0.122. The van der Waals surface area contributed by atoms with Crippen LogP contribution in [0.3, 0.4) is 0 Å². The lowest BCUT2D eigenvalue weighted by Crippen LogP contribution is -2.36. The van der Waals surface area contributed by atoms with Gasteiger partial charge in [-0.1, -0.05) is 0 Å². The molecule has 0 amide bonds. The number of nitrogens with one attached hydrogen (secondary N) is 1. The van der Waals surface area contributed by atoms with E-state index in [1.165, 1.54) is 32.7 Å². The van der Waals surface area contributed by atoms with Gasteiger partial charge in [0.25, 0.3) is 0 Å². The van der Waals surface area contributed by atoms with E-state index in [1.54, 1.807) is 12.1 Å². The van der Waals surface area contributed by atoms with Gasteiger partial charge in [0.05, 0.1) is 51.1 Å². The molecule has 4 rings (SSSR count). The highest BCUT2D eigenvalue weighted by Gasteiger charge is 2.21. The average molecular weight is 476 g/mol. The van der Waals surface area contributed by atoms with E-state index in [0.717, 1.165) is 6.07 Å². The van der Waals surface area contributed by atoms with E-state index in [4.69, 9.17) is 18.9 Å². The van der Waals surface area contributed by atoms with Gasteiger partial charge in [-0.05, 0) is 18.2 Å². The van der Waals surface area contributed by atoms with E-state index >= 15 is 0 Å². The van der Waals surface area contributed by atoms with E-state index in [-0.39, 0.29) is 34.6 Å². The second-order valence-corrected chi connectivity index (χ2v) is 7.31. The Balaban J connectivity index is 1.41. The number of hydrogen-bond acceptors (Lipinski definition) is 8. The molecule has 1 fully saturated rings. The van der Waals surface area contributed by atoms with Crippen LogP contribution in [-0.2, 0) is 11.3 Å². The van der Waals surface area contributed by atoms with Crippen LogP contribution >= 0.6 is 0 Å². The average Bonchev–Trinajstić information content (AvgIpc) is 2.86. The van der Waals surface area contributed by atoms with Crippen LogP contribution in [0.5, 0.6) is 17.2 Å². The predicted octanol–water partition coefficient (Wildman–Crippen LogP) is 4.07. The Labute approximate surface area is 194 Å². The summed E-state index contributed by atoms with van der Waals surface area (Å²) in [6, 6.07) is 5.89. The molecule has 34 heavy (non-hydrogen) atoms. The molecule has 180 valence electrons. The summed E-state index contributed by atoms with van der Waals surface area (Å²) in [6.07, 6.45) is 2.67. The van der Waals surface area contributed by atoms with Crippen LogP contribution in [0.25, 0.3) is 0 Å². The third-order valence-electron chi connectivity index (χ3n) is 5.23. The number of halogens is 3. The van der Waals surface area contributed by atoms with Crippen molar-refractivity contribution in [2.24, 2.45) is 0 Å². The number of aromatic nitrogens is 2. The number of rotatable bonds is 8. The van der Waals surface area contributed by atoms with Crippen molar-refractivity contribution in [1.82, 2.24) is 9.97 Å². The van der Waals surface area contributed by atoms with Gasteiger partial charge in [-0.25, -0.2) is 23.1 Å². The SMILES string of the molecule is COc1cc(OC)c(F)c(COc2cnc(Nc3ccc(N4CCOCC4)c(F)c3)nc2)c1F. The van der Waals surface area contributed by atoms with E-state index < -0.39 is 18.2 Å². The first-order chi connectivity index (χ1) is 16.5. The minimum Gasteiger partial charge on any atom is -0.494 e. The Hall–Kier alpha value is -3.73. The number of nitrogens with zero attached hydrogens (tertiary/aromatic N) is 3. The van der Waals surface area contributed by atoms with Crippen LogP contribution in [0.15, 0.2) is 36.7 Å². The van der Waals surface area contributed by atoms with Crippen molar-refractivity contribution in [2.45, 2.75) is 6.61 Å². The van der Waals surface area contributed by atoms with Crippen molar-refractivity contribution in [2.75, 3.05) is 50.7 Å². The maximum atomic E-state index is 14.6. The van der Waals surface area contributed by atoms with Crippen molar-refractivity contribution in [1.29, 1.82) is 0 Å². The molecule has 1 N–H and O–H groups in total. The van der Waals surface area contributed by atoms with Gasteiger partial charge >= 0.3 is 0 Å². The van der Waals surface area contributed by atoms with Crippen LogP contribution in [0.2, 0.25) is 0 Å². The normalized spacial score (nSPS) is 13.5. The molecule has 1 aromatic heterocycles.